The molecule has 0 saturated heterocycles. The van der Waals surface area contributed by atoms with E-state index in [9.17, 15) is 14.4 Å². The Balaban J connectivity index is 1.47. The summed E-state index contributed by atoms with van der Waals surface area (Å²) in [6, 6.07) is 21.0. The summed E-state index contributed by atoms with van der Waals surface area (Å²) >= 11 is 0. The minimum absolute atomic E-state index is 0.297. The van der Waals surface area contributed by atoms with Crippen LogP contribution in [0.5, 0.6) is 0 Å². The lowest BCUT2D eigenvalue weighted by Crippen LogP contribution is -2.30. The lowest BCUT2D eigenvalue weighted by Gasteiger charge is -2.14. The van der Waals surface area contributed by atoms with Crippen LogP contribution in [-0.2, 0) is 9.53 Å². The number of fused-ring (bicyclic) bond motifs is 1. The predicted molar refractivity (Wildman–Crippen MR) is 124 cm³/mol. The van der Waals surface area contributed by atoms with E-state index >= 15 is 0 Å². The Bertz CT molecular complexity index is 1340. The minimum atomic E-state index is -1.03. The highest BCUT2D eigenvalue weighted by molar-refractivity contribution is 5.99. The second kappa shape index (κ2) is 8.96. The van der Waals surface area contributed by atoms with Gasteiger partial charge in [-0.2, -0.15) is 0 Å². The number of para-hydroxylation sites is 1. The van der Waals surface area contributed by atoms with Crippen LogP contribution in [0, 0.1) is 6.92 Å². The molecule has 0 saturated carbocycles. The van der Waals surface area contributed by atoms with Crippen LogP contribution in [0.4, 0.5) is 5.69 Å². The molecule has 4 aromatic rings. The first-order valence-corrected chi connectivity index (χ1v) is 10.3. The molecule has 166 valence electrons. The Labute approximate surface area is 190 Å². The van der Waals surface area contributed by atoms with Crippen molar-refractivity contribution in [1.29, 1.82) is 0 Å². The van der Waals surface area contributed by atoms with Crippen molar-refractivity contribution < 1.29 is 19.1 Å². The zero-order valence-corrected chi connectivity index (χ0v) is 18.1. The molecule has 0 fully saturated rings. The van der Waals surface area contributed by atoms with Gasteiger partial charge >= 0.3 is 5.97 Å². The number of carbonyl (C=O) groups excluding carboxylic acids is 3. The van der Waals surface area contributed by atoms with Gasteiger partial charge in [0.15, 0.2) is 6.10 Å². The first-order valence-electron chi connectivity index (χ1n) is 10.3. The lowest BCUT2D eigenvalue weighted by molar-refractivity contribution is -0.123. The first-order chi connectivity index (χ1) is 15.8. The van der Waals surface area contributed by atoms with Crippen molar-refractivity contribution in [1.82, 2.24) is 9.55 Å². The van der Waals surface area contributed by atoms with Crippen LogP contribution in [0.1, 0.15) is 33.5 Å². The van der Waals surface area contributed by atoms with Crippen molar-refractivity contribution in [3.8, 4) is 5.69 Å². The number of rotatable bonds is 6. The summed E-state index contributed by atoms with van der Waals surface area (Å²) < 4.78 is 7.35. The van der Waals surface area contributed by atoms with E-state index < -0.39 is 23.9 Å². The molecule has 3 N–H and O–H groups in total. The second-order valence-electron chi connectivity index (χ2n) is 7.51. The Kier molecular flexibility index (Phi) is 5.91. The van der Waals surface area contributed by atoms with Crippen LogP contribution < -0.4 is 11.1 Å². The molecule has 33 heavy (non-hydrogen) atoms. The molecule has 1 aromatic heterocycles. The predicted octanol–water partition coefficient (Wildman–Crippen LogP) is 3.62. The SMILES string of the molecule is Cc1nc2cc(C(=O)OC(C)C(=O)Nc3ccc(C(N)=O)cc3)ccc2n1-c1ccccc1. The van der Waals surface area contributed by atoms with Crippen molar-refractivity contribution in [2.24, 2.45) is 5.73 Å². The highest BCUT2D eigenvalue weighted by Gasteiger charge is 2.20. The quantitative estimate of drug-likeness (QED) is 0.443. The Morgan fingerprint density at radius 3 is 2.30 bits per heavy atom. The molecule has 0 aliphatic heterocycles. The zero-order valence-electron chi connectivity index (χ0n) is 18.1. The average Bonchev–Trinajstić information content (AvgIpc) is 3.14. The van der Waals surface area contributed by atoms with Crippen LogP contribution >= 0.6 is 0 Å². The fraction of sp³-hybridized carbons (Fsp3) is 0.120. The van der Waals surface area contributed by atoms with Gasteiger partial charge in [-0.05, 0) is 68.4 Å². The lowest BCUT2D eigenvalue weighted by atomic mass is 10.2. The number of aromatic nitrogens is 2. The summed E-state index contributed by atoms with van der Waals surface area (Å²) in [5.41, 5.74) is 8.77. The van der Waals surface area contributed by atoms with E-state index in [4.69, 9.17) is 10.5 Å². The standard InChI is InChI=1S/C25H22N4O4/c1-15(24(31)28-19-11-8-17(9-12-19)23(26)30)33-25(32)18-10-13-22-21(14-18)27-16(2)29(22)20-6-4-3-5-7-20/h3-15H,1-2H3,(H2,26,30)(H,28,31). The van der Waals surface area contributed by atoms with Gasteiger partial charge in [-0.25, -0.2) is 9.78 Å². The number of anilines is 1. The molecule has 1 atom stereocenters. The van der Waals surface area contributed by atoms with Crippen molar-refractivity contribution in [3.63, 3.8) is 0 Å². The number of esters is 1. The number of benzene rings is 3. The molecule has 0 bridgehead atoms. The van der Waals surface area contributed by atoms with Gasteiger partial charge in [-0.1, -0.05) is 18.2 Å². The van der Waals surface area contributed by atoms with E-state index in [-0.39, 0.29) is 0 Å². The monoisotopic (exact) mass is 442 g/mol. The normalized spacial score (nSPS) is 11.7. The van der Waals surface area contributed by atoms with E-state index in [2.05, 4.69) is 10.3 Å². The fourth-order valence-corrected chi connectivity index (χ4v) is 3.47. The molecule has 0 spiro atoms. The average molecular weight is 442 g/mol. The summed E-state index contributed by atoms with van der Waals surface area (Å²) in [5.74, 6) is -0.899. The number of imidazole rings is 1. The molecule has 1 heterocycles. The highest BCUT2D eigenvalue weighted by Crippen LogP contribution is 2.23. The van der Waals surface area contributed by atoms with Gasteiger partial charge in [0.25, 0.3) is 5.91 Å². The molecule has 8 heteroatoms. The number of carbonyl (C=O) groups is 3. The first kappa shape index (κ1) is 21.8. The molecule has 0 aliphatic rings. The highest BCUT2D eigenvalue weighted by atomic mass is 16.5. The number of ether oxygens (including phenoxy) is 1. The summed E-state index contributed by atoms with van der Waals surface area (Å²) in [7, 11) is 0. The van der Waals surface area contributed by atoms with E-state index in [0.29, 0.717) is 22.3 Å². The molecular formula is C25H22N4O4. The third-order valence-electron chi connectivity index (χ3n) is 5.16. The number of aryl methyl sites for hydroxylation is 1. The molecule has 8 nitrogen and oxygen atoms in total. The van der Waals surface area contributed by atoms with Gasteiger partial charge in [0.05, 0.1) is 16.6 Å². The number of amides is 2. The minimum Gasteiger partial charge on any atom is -0.449 e. The molecule has 1 unspecified atom stereocenters. The number of primary amides is 1. The van der Waals surface area contributed by atoms with Gasteiger partial charge in [0.1, 0.15) is 5.82 Å². The Hall–Kier alpha value is -4.46. The maximum absolute atomic E-state index is 12.6. The maximum Gasteiger partial charge on any atom is 0.338 e. The van der Waals surface area contributed by atoms with Crippen LogP contribution in [0.2, 0.25) is 0 Å². The number of nitrogens with one attached hydrogen (secondary N) is 1. The maximum atomic E-state index is 12.6. The van der Waals surface area contributed by atoms with Crippen molar-refractivity contribution in [3.05, 3.63) is 89.7 Å². The smallest absolute Gasteiger partial charge is 0.338 e. The van der Waals surface area contributed by atoms with E-state index in [1.54, 1.807) is 24.3 Å². The van der Waals surface area contributed by atoms with E-state index in [1.807, 2.05) is 47.9 Å². The second-order valence-corrected chi connectivity index (χ2v) is 7.51. The molecule has 4 rings (SSSR count). The molecular weight excluding hydrogens is 420 g/mol. The molecule has 0 aliphatic carbocycles. The number of hydrogen-bond donors (Lipinski definition) is 2. The van der Waals surface area contributed by atoms with Gasteiger partial charge < -0.3 is 15.8 Å². The molecule has 2 amide bonds. The summed E-state index contributed by atoms with van der Waals surface area (Å²) in [6.07, 6.45) is -1.03. The Morgan fingerprint density at radius 1 is 0.970 bits per heavy atom. The van der Waals surface area contributed by atoms with Crippen molar-refractivity contribution >= 4 is 34.5 Å². The third-order valence-corrected chi connectivity index (χ3v) is 5.16. The van der Waals surface area contributed by atoms with E-state index in [1.165, 1.54) is 19.1 Å². The van der Waals surface area contributed by atoms with Gasteiger partial charge in [0, 0.05) is 16.9 Å². The van der Waals surface area contributed by atoms with Gasteiger partial charge in [-0.3, -0.25) is 14.2 Å². The topological polar surface area (TPSA) is 116 Å². The summed E-state index contributed by atoms with van der Waals surface area (Å²) in [4.78, 5) is 40.8. The van der Waals surface area contributed by atoms with Gasteiger partial charge in [0.2, 0.25) is 5.91 Å². The van der Waals surface area contributed by atoms with E-state index in [0.717, 1.165) is 17.0 Å². The number of nitrogens with zero attached hydrogens (tertiary/aromatic N) is 2. The van der Waals surface area contributed by atoms with Crippen LogP contribution in [-0.4, -0.2) is 33.4 Å². The van der Waals surface area contributed by atoms with Crippen LogP contribution in [0.15, 0.2) is 72.8 Å². The van der Waals surface area contributed by atoms with Crippen molar-refractivity contribution in [2.45, 2.75) is 20.0 Å². The van der Waals surface area contributed by atoms with Crippen molar-refractivity contribution in [2.75, 3.05) is 5.32 Å². The van der Waals surface area contributed by atoms with Gasteiger partial charge in [-0.15, -0.1) is 0 Å². The summed E-state index contributed by atoms with van der Waals surface area (Å²) in [6.45, 7) is 3.38. The molecule has 3 aromatic carbocycles. The van der Waals surface area contributed by atoms with Crippen LogP contribution in [0.3, 0.4) is 0 Å². The third kappa shape index (κ3) is 4.59. The largest absolute Gasteiger partial charge is 0.449 e. The number of nitrogens with two attached hydrogens (primary N) is 1. The molecule has 0 radical (unpaired) electrons. The van der Waals surface area contributed by atoms with Crippen LogP contribution in [0.25, 0.3) is 16.7 Å². The fourth-order valence-electron chi connectivity index (χ4n) is 3.47. The zero-order chi connectivity index (χ0) is 23.5. The number of hydrogen-bond acceptors (Lipinski definition) is 5. The summed E-state index contributed by atoms with van der Waals surface area (Å²) in [5, 5.41) is 2.64. The Morgan fingerprint density at radius 2 is 1.64 bits per heavy atom.